The fourth-order valence-corrected chi connectivity index (χ4v) is 3.30. The second kappa shape index (κ2) is 8.31. The van der Waals surface area contributed by atoms with Crippen molar-refractivity contribution in [2.24, 2.45) is 0 Å². The summed E-state index contributed by atoms with van der Waals surface area (Å²) in [6.45, 7) is 5.47. The predicted molar refractivity (Wildman–Crippen MR) is 105 cm³/mol. The number of para-hydroxylation sites is 1. The fourth-order valence-electron chi connectivity index (χ4n) is 3.30. The lowest BCUT2D eigenvalue weighted by molar-refractivity contribution is 0.224. The minimum atomic E-state index is -0.240. The van der Waals surface area contributed by atoms with E-state index in [0.29, 0.717) is 6.61 Å². The predicted octanol–water partition coefficient (Wildman–Crippen LogP) is 3.36. The van der Waals surface area contributed by atoms with Crippen LogP contribution in [0, 0.1) is 5.82 Å². The van der Waals surface area contributed by atoms with Crippen molar-refractivity contribution < 1.29 is 9.13 Å². The van der Waals surface area contributed by atoms with Crippen molar-refractivity contribution in [3.05, 3.63) is 60.5 Å². The Kier molecular flexibility index (Phi) is 5.44. The Hall–Kier alpha value is -2.73. The topological polar surface area (TPSA) is 41.5 Å². The van der Waals surface area contributed by atoms with Crippen LogP contribution in [0.15, 0.2) is 54.7 Å². The van der Waals surface area contributed by atoms with E-state index in [0.717, 1.165) is 61.7 Å². The van der Waals surface area contributed by atoms with Gasteiger partial charge in [0, 0.05) is 44.3 Å². The van der Waals surface area contributed by atoms with E-state index in [1.165, 1.54) is 12.1 Å². The Morgan fingerprint density at radius 1 is 0.963 bits per heavy atom. The van der Waals surface area contributed by atoms with Crippen LogP contribution in [0.3, 0.4) is 0 Å². The fraction of sp³-hybridized carbons (Fsp3) is 0.333. The summed E-state index contributed by atoms with van der Waals surface area (Å²) in [6.07, 6.45) is 2.85. The van der Waals surface area contributed by atoms with Crippen LogP contribution in [0.5, 0.6) is 5.75 Å². The molecular weight excluding hydrogens is 343 g/mol. The van der Waals surface area contributed by atoms with E-state index < -0.39 is 0 Å². The second-order valence-corrected chi connectivity index (χ2v) is 6.71. The van der Waals surface area contributed by atoms with E-state index in [2.05, 4.69) is 19.8 Å². The summed E-state index contributed by atoms with van der Waals surface area (Å²) in [5, 5.41) is 1.07. The van der Waals surface area contributed by atoms with Gasteiger partial charge in [0.2, 0.25) is 5.95 Å². The van der Waals surface area contributed by atoms with Gasteiger partial charge in [0.05, 0.1) is 12.1 Å². The number of nitrogens with zero attached hydrogens (tertiary/aromatic N) is 4. The molecule has 3 aromatic rings. The molecule has 0 atom stereocenters. The molecule has 1 aromatic heterocycles. The van der Waals surface area contributed by atoms with Crippen LogP contribution in [0.25, 0.3) is 10.9 Å². The maximum absolute atomic E-state index is 12.9. The summed E-state index contributed by atoms with van der Waals surface area (Å²) in [5.41, 5.74) is 0.989. The normalized spacial score (nSPS) is 15.2. The molecule has 27 heavy (non-hydrogen) atoms. The Bertz CT molecular complexity index is 879. The van der Waals surface area contributed by atoms with E-state index in [-0.39, 0.29) is 5.82 Å². The van der Waals surface area contributed by atoms with Crippen LogP contribution in [0.1, 0.15) is 6.42 Å². The van der Waals surface area contributed by atoms with Gasteiger partial charge in [-0.1, -0.05) is 18.2 Å². The number of hydrogen-bond donors (Lipinski definition) is 0. The average Bonchev–Trinajstić information content (AvgIpc) is 2.72. The first kappa shape index (κ1) is 17.7. The zero-order valence-corrected chi connectivity index (χ0v) is 15.2. The summed E-state index contributed by atoms with van der Waals surface area (Å²) in [4.78, 5) is 13.9. The van der Waals surface area contributed by atoms with Crippen molar-refractivity contribution in [1.82, 2.24) is 14.9 Å². The van der Waals surface area contributed by atoms with E-state index >= 15 is 0 Å². The molecular formula is C21H23FN4O. The van der Waals surface area contributed by atoms with Gasteiger partial charge in [-0.15, -0.1) is 0 Å². The number of piperazine rings is 1. The zero-order valence-electron chi connectivity index (χ0n) is 15.2. The number of fused-ring (bicyclic) bond motifs is 1. The Morgan fingerprint density at radius 2 is 1.74 bits per heavy atom. The average molecular weight is 366 g/mol. The molecule has 1 aliphatic rings. The van der Waals surface area contributed by atoms with Gasteiger partial charge in [-0.25, -0.2) is 14.4 Å². The first-order valence-corrected chi connectivity index (χ1v) is 9.35. The van der Waals surface area contributed by atoms with Gasteiger partial charge in [-0.05, 0) is 36.8 Å². The van der Waals surface area contributed by atoms with Crippen molar-refractivity contribution in [3.63, 3.8) is 0 Å². The van der Waals surface area contributed by atoms with E-state index in [1.807, 2.05) is 30.5 Å². The molecule has 0 aliphatic carbocycles. The van der Waals surface area contributed by atoms with E-state index in [9.17, 15) is 4.39 Å². The highest BCUT2D eigenvalue weighted by Crippen LogP contribution is 2.16. The van der Waals surface area contributed by atoms with Crippen LogP contribution in [-0.2, 0) is 0 Å². The molecule has 0 spiro atoms. The van der Waals surface area contributed by atoms with Gasteiger partial charge in [-0.3, -0.25) is 4.90 Å². The summed E-state index contributed by atoms with van der Waals surface area (Å²) in [6, 6.07) is 14.2. The van der Waals surface area contributed by atoms with Crippen LogP contribution in [0.2, 0.25) is 0 Å². The molecule has 1 aliphatic heterocycles. The first-order chi connectivity index (χ1) is 13.3. The third-order valence-electron chi connectivity index (χ3n) is 4.83. The van der Waals surface area contributed by atoms with Crippen molar-refractivity contribution in [2.75, 3.05) is 44.2 Å². The molecule has 2 aromatic carbocycles. The lowest BCUT2D eigenvalue weighted by Gasteiger charge is -2.34. The third-order valence-corrected chi connectivity index (χ3v) is 4.83. The van der Waals surface area contributed by atoms with Crippen LogP contribution in [-0.4, -0.2) is 54.2 Å². The molecule has 5 nitrogen and oxygen atoms in total. The molecule has 0 bridgehead atoms. The Labute approximate surface area is 158 Å². The number of aromatic nitrogens is 2. The number of ether oxygens (including phenoxy) is 1. The van der Waals surface area contributed by atoms with Gasteiger partial charge in [0.25, 0.3) is 0 Å². The summed E-state index contributed by atoms with van der Waals surface area (Å²) in [7, 11) is 0. The lowest BCUT2D eigenvalue weighted by Crippen LogP contribution is -2.47. The monoisotopic (exact) mass is 366 g/mol. The zero-order chi connectivity index (χ0) is 18.5. The molecule has 0 amide bonds. The third kappa shape index (κ3) is 4.52. The minimum absolute atomic E-state index is 0.240. The molecule has 0 saturated carbocycles. The van der Waals surface area contributed by atoms with E-state index in [4.69, 9.17) is 4.74 Å². The molecule has 0 radical (unpaired) electrons. The lowest BCUT2D eigenvalue weighted by atomic mass is 10.2. The molecule has 1 fully saturated rings. The summed E-state index contributed by atoms with van der Waals surface area (Å²) < 4.78 is 18.5. The second-order valence-electron chi connectivity index (χ2n) is 6.71. The van der Waals surface area contributed by atoms with Crippen molar-refractivity contribution in [3.8, 4) is 5.75 Å². The number of anilines is 1. The molecule has 2 heterocycles. The highest BCUT2D eigenvalue weighted by Gasteiger charge is 2.18. The first-order valence-electron chi connectivity index (χ1n) is 9.35. The van der Waals surface area contributed by atoms with Crippen LogP contribution < -0.4 is 9.64 Å². The highest BCUT2D eigenvalue weighted by atomic mass is 19.1. The van der Waals surface area contributed by atoms with Gasteiger partial charge in [-0.2, -0.15) is 0 Å². The van der Waals surface area contributed by atoms with Crippen molar-refractivity contribution >= 4 is 16.9 Å². The molecule has 0 N–H and O–H groups in total. The summed E-state index contributed by atoms with van der Waals surface area (Å²) >= 11 is 0. The number of rotatable bonds is 6. The van der Waals surface area contributed by atoms with Gasteiger partial charge in [0.1, 0.15) is 11.6 Å². The van der Waals surface area contributed by atoms with Crippen molar-refractivity contribution in [1.29, 1.82) is 0 Å². The molecule has 140 valence electrons. The maximum atomic E-state index is 12.9. The maximum Gasteiger partial charge on any atom is 0.225 e. The Morgan fingerprint density at radius 3 is 2.56 bits per heavy atom. The number of hydrogen-bond acceptors (Lipinski definition) is 5. The summed E-state index contributed by atoms with van der Waals surface area (Å²) in [5.74, 6) is 1.29. The number of benzene rings is 2. The van der Waals surface area contributed by atoms with Gasteiger partial charge >= 0.3 is 0 Å². The smallest absolute Gasteiger partial charge is 0.225 e. The Balaban J connectivity index is 1.22. The standard InChI is InChI=1S/C21H23FN4O/c22-18-6-8-19(9-7-18)27-15-3-10-25-11-13-26(14-12-25)21-23-16-17-4-1-2-5-20(17)24-21/h1-2,4-9,16H,3,10-15H2. The quantitative estimate of drug-likeness (QED) is 0.626. The molecule has 6 heteroatoms. The van der Waals surface area contributed by atoms with E-state index in [1.54, 1.807) is 12.1 Å². The van der Waals surface area contributed by atoms with Crippen LogP contribution >= 0.6 is 0 Å². The van der Waals surface area contributed by atoms with Gasteiger partial charge < -0.3 is 9.64 Å². The van der Waals surface area contributed by atoms with Crippen LogP contribution in [0.4, 0.5) is 10.3 Å². The van der Waals surface area contributed by atoms with Gasteiger partial charge in [0.15, 0.2) is 0 Å². The number of halogens is 1. The molecule has 4 rings (SSSR count). The van der Waals surface area contributed by atoms with Crippen molar-refractivity contribution in [2.45, 2.75) is 6.42 Å². The highest BCUT2D eigenvalue weighted by molar-refractivity contribution is 5.78. The molecule has 0 unspecified atom stereocenters. The largest absolute Gasteiger partial charge is 0.494 e. The SMILES string of the molecule is Fc1ccc(OCCCN2CCN(c3ncc4ccccc4n3)CC2)cc1. The minimum Gasteiger partial charge on any atom is -0.494 e. The molecule has 1 saturated heterocycles.